The van der Waals surface area contributed by atoms with E-state index < -0.39 is 67.5 Å². The monoisotopic (exact) mass is 989 g/mol. The zero-order valence-electron chi connectivity index (χ0n) is 40.4. The molecule has 2 saturated heterocycles. The van der Waals surface area contributed by atoms with Crippen molar-refractivity contribution in [1.82, 2.24) is 14.8 Å². The number of carbonyl (C=O) groups is 1. The zero-order valence-corrected chi connectivity index (χ0v) is 40.4. The fraction of sp³-hybridized carbons (Fsp3) is 0.418. The van der Waals surface area contributed by atoms with Crippen LogP contribution < -0.4 is 14.6 Å². The van der Waals surface area contributed by atoms with Gasteiger partial charge in [-0.05, 0) is 48.2 Å². The molecule has 382 valence electrons. The summed E-state index contributed by atoms with van der Waals surface area (Å²) in [4.78, 5) is 14.9. The molecule has 7 N–H and O–H groups in total. The summed E-state index contributed by atoms with van der Waals surface area (Å²) in [5.74, 6) is 1.34. The fourth-order valence-corrected chi connectivity index (χ4v) is 10.2. The molecule has 72 heavy (non-hydrogen) atoms. The summed E-state index contributed by atoms with van der Waals surface area (Å²) in [6, 6.07) is 40.2. The van der Waals surface area contributed by atoms with E-state index in [1.165, 1.54) is 0 Å². The van der Waals surface area contributed by atoms with E-state index in [9.17, 15) is 35.4 Å². The Morgan fingerprint density at radius 3 is 1.79 bits per heavy atom. The van der Waals surface area contributed by atoms with E-state index in [0.29, 0.717) is 30.0 Å². The van der Waals surface area contributed by atoms with Gasteiger partial charge in [-0.25, -0.2) is 13.9 Å². The third-order valence-electron chi connectivity index (χ3n) is 13.8. The molecule has 0 spiro atoms. The molecule has 1 amide bonds. The quantitative estimate of drug-likeness (QED) is 0.0537. The molecule has 9 rings (SSSR count). The van der Waals surface area contributed by atoms with E-state index in [0.717, 1.165) is 39.1 Å². The van der Waals surface area contributed by atoms with Crippen molar-refractivity contribution in [3.8, 4) is 16.9 Å². The smallest absolute Gasteiger partial charge is 0.407 e. The predicted molar refractivity (Wildman–Crippen MR) is 263 cm³/mol. The number of fused-ring (bicyclic) bond motifs is 4. The third-order valence-corrected chi connectivity index (χ3v) is 13.8. The van der Waals surface area contributed by atoms with Crippen LogP contribution in [0.5, 0.6) is 5.75 Å². The molecule has 1 aliphatic carbocycles. The van der Waals surface area contributed by atoms with Crippen molar-refractivity contribution in [3.05, 3.63) is 155 Å². The lowest BCUT2D eigenvalue weighted by Gasteiger charge is -2.40. The predicted octanol–water partition coefficient (Wildman–Crippen LogP) is 4.08. The second kappa shape index (κ2) is 23.4. The van der Waals surface area contributed by atoms with Gasteiger partial charge in [0.05, 0.1) is 38.5 Å². The van der Waals surface area contributed by atoms with Gasteiger partial charge in [0.1, 0.15) is 62.1 Å². The first-order valence-electron chi connectivity index (χ1n) is 24.7. The van der Waals surface area contributed by atoms with Crippen LogP contribution in [0.2, 0.25) is 0 Å². The van der Waals surface area contributed by atoms with E-state index in [4.69, 9.17) is 28.4 Å². The van der Waals surface area contributed by atoms with Gasteiger partial charge in [-0.2, -0.15) is 0 Å². The number of nitrogens with zero attached hydrogens (tertiary/aromatic N) is 3. The molecule has 17 nitrogen and oxygen atoms in total. The molecular formula is C55H65N4O13+. The van der Waals surface area contributed by atoms with E-state index >= 15 is 0 Å². The maximum absolute atomic E-state index is 13.3. The number of aliphatic hydroxyl groups excluding tert-OH is 6. The molecule has 0 bridgehead atoms. The molecule has 6 aromatic rings. The number of imidazole rings is 1. The van der Waals surface area contributed by atoms with Gasteiger partial charge in [0.25, 0.3) is 5.82 Å². The van der Waals surface area contributed by atoms with Crippen LogP contribution >= 0.6 is 0 Å². The number of ether oxygens (including phenoxy) is 6. The topological polar surface area (TPSA) is 218 Å². The first-order valence-corrected chi connectivity index (χ1v) is 24.7. The highest BCUT2D eigenvalue weighted by molar-refractivity contribution is 5.79. The number of alkyl carbamates (subject to hydrolysis) is 1. The number of hydrogen-bond donors (Lipinski definition) is 7. The normalized spacial score (nSPS) is 22.7. The first kappa shape index (κ1) is 51.1. The minimum absolute atomic E-state index is 0.0485. The number of hydrogen-bond acceptors (Lipinski definition) is 14. The Balaban J connectivity index is 0.869. The Bertz CT molecular complexity index is 2600. The molecule has 0 saturated carbocycles. The summed E-state index contributed by atoms with van der Waals surface area (Å²) < 4.78 is 39.8. The average molecular weight is 990 g/mol. The Hall–Kier alpha value is -5.80. The lowest BCUT2D eigenvalue weighted by Crippen LogP contribution is -2.56. The van der Waals surface area contributed by atoms with Crippen LogP contribution in [0.3, 0.4) is 0 Å². The molecular weight excluding hydrogens is 925 g/mol. The van der Waals surface area contributed by atoms with Crippen LogP contribution in [0.4, 0.5) is 4.79 Å². The van der Waals surface area contributed by atoms with Gasteiger partial charge in [0.15, 0.2) is 23.6 Å². The molecule has 5 aromatic carbocycles. The van der Waals surface area contributed by atoms with E-state index in [1.807, 2.05) is 92.7 Å². The summed E-state index contributed by atoms with van der Waals surface area (Å²) in [7, 11) is 0. The van der Waals surface area contributed by atoms with Gasteiger partial charge in [0.2, 0.25) is 0 Å². The first-order chi connectivity index (χ1) is 35.0. The minimum Gasteiger partial charge on any atom is -0.492 e. The molecule has 6 unspecified atom stereocenters. The SMILES string of the molecule is CCn1c(CNC(=O)OCC2c3ccccc3-c3ccccc32)[n+](CC)c2cc(OCCN(CC(O)C(O)[C@@H]3OC(c4ccccc4)OC[C@H]3O)CC(O)C(O)[C@@H]3OC(c4ccccc4)OC[C@H]3O)ccc21. The number of benzene rings is 5. The van der Waals surface area contributed by atoms with E-state index in [2.05, 4.69) is 38.7 Å². The number of aryl methyl sites for hydroxylation is 2. The number of nitrogens with one attached hydrogen (secondary N) is 1. The summed E-state index contributed by atoms with van der Waals surface area (Å²) in [5, 5.41) is 70.8. The van der Waals surface area contributed by atoms with Gasteiger partial charge >= 0.3 is 6.09 Å². The van der Waals surface area contributed by atoms with Crippen LogP contribution in [0.25, 0.3) is 22.2 Å². The summed E-state index contributed by atoms with van der Waals surface area (Å²) in [6.45, 7) is 5.09. The Labute approximate surface area is 418 Å². The van der Waals surface area contributed by atoms with Gasteiger partial charge in [-0.15, -0.1) is 0 Å². The van der Waals surface area contributed by atoms with Crippen molar-refractivity contribution in [2.75, 3.05) is 46.1 Å². The molecule has 1 aromatic heterocycles. The Morgan fingerprint density at radius 1 is 0.736 bits per heavy atom. The number of aliphatic hydroxyl groups is 6. The Morgan fingerprint density at radius 2 is 1.26 bits per heavy atom. The number of aromatic nitrogens is 2. The van der Waals surface area contributed by atoms with Gasteiger partial charge in [0, 0.05) is 42.7 Å². The summed E-state index contributed by atoms with van der Waals surface area (Å²) in [6.07, 6.45) is -13.4. The maximum atomic E-state index is 13.3. The van der Waals surface area contributed by atoms with Gasteiger partial charge in [-0.3, -0.25) is 4.90 Å². The van der Waals surface area contributed by atoms with Crippen molar-refractivity contribution in [1.29, 1.82) is 0 Å². The van der Waals surface area contributed by atoms with Crippen LogP contribution in [0, 0.1) is 0 Å². The van der Waals surface area contributed by atoms with Gasteiger partial charge < -0.3 is 64.4 Å². The highest BCUT2D eigenvalue weighted by Gasteiger charge is 2.42. The molecule has 3 aliphatic rings. The highest BCUT2D eigenvalue weighted by Crippen LogP contribution is 2.44. The molecule has 17 heteroatoms. The molecule has 3 heterocycles. The average Bonchev–Trinajstić information content (AvgIpc) is 3.90. The minimum atomic E-state index is -1.59. The summed E-state index contributed by atoms with van der Waals surface area (Å²) in [5.41, 5.74) is 7.75. The number of carbonyl (C=O) groups excluding carboxylic acids is 1. The molecule has 10 atom stereocenters. The van der Waals surface area contributed by atoms with Crippen molar-refractivity contribution in [2.24, 2.45) is 0 Å². The van der Waals surface area contributed by atoms with Crippen molar-refractivity contribution < 1.29 is 68.4 Å². The van der Waals surface area contributed by atoms with E-state index in [-0.39, 0.29) is 58.5 Å². The second-order valence-electron chi connectivity index (χ2n) is 18.4. The van der Waals surface area contributed by atoms with Crippen LogP contribution in [-0.4, -0.2) is 141 Å². The fourth-order valence-electron chi connectivity index (χ4n) is 10.2. The molecule has 2 fully saturated rings. The maximum Gasteiger partial charge on any atom is 0.407 e. The van der Waals surface area contributed by atoms with Gasteiger partial charge in [-0.1, -0.05) is 109 Å². The van der Waals surface area contributed by atoms with Crippen LogP contribution in [-0.2, 0) is 43.3 Å². The lowest BCUT2D eigenvalue weighted by molar-refractivity contribution is -0.676. The number of amides is 1. The largest absolute Gasteiger partial charge is 0.492 e. The van der Waals surface area contributed by atoms with Crippen LogP contribution in [0.1, 0.15) is 60.4 Å². The molecule has 2 aliphatic heterocycles. The van der Waals surface area contributed by atoms with E-state index in [1.54, 1.807) is 29.2 Å². The zero-order chi connectivity index (χ0) is 50.3. The second-order valence-corrected chi connectivity index (χ2v) is 18.4. The lowest BCUT2D eigenvalue weighted by atomic mass is 9.98. The molecule has 0 radical (unpaired) electrons. The standard InChI is InChI=1S/C55H64N4O13/c1-3-58-42-24-23-36(27-43(42)59(4-2)48(58)28-56-55(66)70-31-41-39-21-13-11-19-37(39)38-20-12-14-22-40(38)41)67-26-25-57(29-44(60)49(64)51-46(62)32-68-53(71-51)34-15-7-5-8-16-34)30-45(61)50(65)52-47(63)33-69-54(72-52)35-17-9-6-10-18-35/h5-24,27,41,44-47,49-54,60-65H,3-4,25-26,28-33H2,1-2H3/p+1/t44?,45?,46-,47-,49?,50?,51-,52-,53?,54?/m1/s1. The highest BCUT2D eigenvalue weighted by atomic mass is 16.7. The Kier molecular flexibility index (Phi) is 16.6. The third kappa shape index (κ3) is 11.2. The van der Waals surface area contributed by atoms with Crippen molar-refractivity contribution in [2.45, 2.75) is 101 Å². The van der Waals surface area contributed by atoms with Crippen molar-refractivity contribution >= 4 is 17.1 Å². The number of rotatable bonds is 20. The van der Waals surface area contributed by atoms with Crippen LogP contribution in [0.15, 0.2) is 127 Å². The van der Waals surface area contributed by atoms with Crippen molar-refractivity contribution in [3.63, 3.8) is 0 Å². The summed E-state index contributed by atoms with van der Waals surface area (Å²) >= 11 is 0.